The lowest BCUT2D eigenvalue weighted by Crippen LogP contribution is -2.65. The lowest BCUT2D eigenvalue weighted by atomic mass is 9.84. The van der Waals surface area contributed by atoms with Gasteiger partial charge in [0.1, 0.15) is 95.5 Å². The number of hydrogen-bond donors (Lipinski definition) is 21. The number of phenols is 3. The molecule has 0 saturated carbocycles. The number of benzene rings is 6. The number of likely N-dealkylation sites (N-methyl/N-ethyl adjacent to an activating group) is 1. The van der Waals surface area contributed by atoms with Crippen molar-refractivity contribution in [3.8, 4) is 57.1 Å². The number of halogens is 3. The van der Waals surface area contributed by atoms with Gasteiger partial charge in [-0.3, -0.25) is 53.3 Å². The highest BCUT2D eigenvalue weighted by atomic mass is 35.5. The SMILES string of the molecule is CNC(CC(C)C)C(=O)NC1C(=O)NC(CC(N)=O)C(=O)NC2C(=O)NC3C(=O)NC(C(=O)NC(C(=O)NO)c4cc(O)cc(O)c4-c4cc3ccc4O)C(O)c3ccc(c(Cl)c3)Oc3cc2cc(c3OC2OC(CO)C(O)C(O)C2OC2CC(C)(NCc3cncc(NC(=O)/C=C/c4ccc(Cl)cc4)c3)C(O)C(C)O2)Oc2ccc(cc2Cl)C1O. The van der Waals surface area contributed by atoms with Gasteiger partial charge in [0.05, 0.1) is 53.2 Å². The van der Waals surface area contributed by atoms with Crippen LogP contribution in [0.2, 0.25) is 15.1 Å². The van der Waals surface area contributed by atoms with Crippen LogP contribution in [-0.4, -0.2) is 202 Å². The number of nitrogens with two attached hydrogens (primary N) is 1. The van der Waals surface area contributed by atoms with Crippen molar-refractivity contribution in [2.75, 3.05) is 19.0 Å². The van der Waals surface area contributed by atoms with Crippen molar-refractivity contribution in [1.29, 1.82) is 0 Å². The van der Waals surface area contributed by atoms with Crippen molar-refractivity contribution >= 4 is 99.7 Å². The topological polar surface area (TPSA) is 571 Å². The molecule has 18 atom stereocenters. The van der Waals surface area contributed by atoms with Gasteiger partial charge in [-0.2, -0.15) is 0 Å². The summed E-state index contributed by atoms with van der Waals surface area (Å²) in [6, 6.07) is 7.66. The Morgan fingerprint density at radius 3 is 1.99 bits per heavy atom. The number of aromatic nitrogens is 1. The number of primary amides is 1. The molecule has 11 bridgehead atoms. The van der Waals surface area contributed by atoms with Gasteiger partial charge in [-0.1, -0.05) is 79.0 Å². The zero-order valence-corrected chi connectivity index (χ0v) is 67.2. The number of amides is 9. The first-order valence-electron chi connectivity index (χ1n) is 37.8. The molecular formula is C81H87Cl3N12O25. The van der Waals surface area contributed by atoms with E-state index in [1.165, 1.54) is 50.1 Å². The fraction of sp³-hybridized carbons (Fsp3) is 0.358. The number of aliphatic hydroxyl groups is 6. The van der Waals surface area contributed by atoms with Crippen molar-refractivity contribution < 1.29 is 123 Å². The molecular weight excluding hydrogens is 1650 g/mol. The highest BCUT2D eigenvalue weighted by Gasteiger charge is 2.52. The van der Waals surface area contributed by atoms with Crippen LogP contribution in [0.5, 0.6) is 46.0 Å². The molecule has 0 radical (unpaired) electrons. The second kappa shape index (κ2) is 37.7. The zero-order chi connectivity index (χ0) is 87.3. The lowest BCUT2D eigenvalue weighted by Gasteiger charge is -2.48. The normalized spacial score (nSPS) is 26.5. The Kier molecular flexibility index (Phi) is 27.7. The highest BCUT2D eigenvalue weighted by molar-refractivity contribution is 6.32. The molecule has 8 heterocycles. The maximum absolute atomic E-state index is 16.3. The van der Waals surface area contributed by atoms with Gasteiger partial charge in [-0.15, -0.1) is 0 Å². The standard InChI is InChI=1S/C81H87Cl3N12O25/c1-33(2)18-48(86-5)73(108)94-64-66(103)38-10-15-52(46(83)21-38)117-54-23-40-24-55(70(54)121-80-71(69(106)68(105)56(32-97)119-80)120-59-28-81(4,72(107)34(3)116-59)88-30-36-19-42(31-87-29-36)89-58(102)17-8-35-6-12-41(82)13-7-35)118-53-16-11-39(22-47(53)84)67(104)65-78(113)93-63(79(114)96-115)45-25-43(98)26-51(100)60(45)44-20-37(9-14-50(44)99)61(75(110)95-65)92-76(111)62(40)91-74(109)49(27-57(85)101)90-77(64)112/h6-17,19-26,29,31,33-34,48-49,56,59,61-69,71-72,80,86,88,97-100,103-107,115H,18,27-28,30,32H2,1-5H3,(H2,85,101)(H,89,102)(H,90,112)(H,91,109)(H,92,111)(H,93,113)(H,94,108)(H,95,110)(H,96,114)/b17-8+. The van der Waals surface area contributed by atoms with E-state index in [1.807, 2.05) is 13.8 Å². The third-order valence-electron chi connectivity index (χ3n) is 20.9. The Hall–Kier alpha value is -11.4. The van der Waals surface area contributed by atoms with Crippen molar-refractivity contribution in [3.63, 3.8) is 0 Å². The molecule has 2 saturated heterocycles. The first-order chi connectivity index (χ1) is 57.5. The number of phenolic OH excluding ortho intramolecular Hbond substituents is 3. The van der Waals surface area contributed by atoms with Gasteiger partial charge in [0, 0.05) is 53.0 Å². The second-order valence-corrected chi connectivity index (χ2v) is 31.3. The van der Waals surface area contributed by atoms with E-state index in [0.29, 0.717) is 21.8 Å². The van der Waals surface area contributed by atoms with E-state index in [-0.39, 0.29) is 52.8 Å². The average Bonchev–Trinajstić information content (AvgIpc) is 0.771. The Morgan fingerprint density at radius 2 is 1.36 bits per heavy atom. The summed E-state index contributed by atoms with van der Waals surface area (Å²) in [6.07, 6.45) is -13.4. The number of carbonyl (C=O) groups excluding carboxylic acids is 9. The van der Waals surface area contributed by atoms with Gasteiger partial charge in [0.2, 0.25) is 59.3 Å². The van der Waals surface area contributed by atoms with Crippen molar-refractivity contribution in [1.82, 2.24) is 53.0 Å². The van der Waals surface area contributed by atoms with Crippen LogP contribution in [0.1, 0.15) is 116 Å². The lowest BCUT2D eigenvalue weighted by molar-refractivity contribution is -0.334. The van der Waals surface area contributed by atoms with Crippen LogP contribution in [0.4, 0.5) is 5.69 Å². The van der Waals surface area contributed by atoms with E-state index in [0.717, 1.165) is 66.7 Å². The summed E-state index contributed by atoms with van der Waals surface area (Å²) in [5.74, 6) is -16.4. The van der Waals surface area contributed by atoms with Crippen LogP contribution in [0, 0.1) is 5.92 Å². The number of fused-ring (bicyclic) bond motifs is 15. The molecule has 1 aromatic heterocycles. The van der Waals surface area contributed by atoms with E-state index in [4.69, 9.17) is 69.0 Å². The number of aromatic hydroxyl groups is 3. The molecule has 37 nitrogen and oxygen atoms in total. The number of aliphatic hydroxyl groups excluding tert-OH is 6. The Balaban J connectivity index is 1.01. The third-order valence-corrected chi connectivity index (χ3v) is 21.8. The monoisotopic (exact) mass is 1730 g/mol. The molecule has 121 heavy (non-hydrogen) atoms. The predicted octanol–water partition coefficient (Wildman–Crippen LogP) is 3.06. The number of nitrogens with zero attached hydrogens (tertiary/aromatic N) is 1. The highest BCUT2D eigenvalue weighted by Crippen LogP contribution is 2.50. The largest absolute Gasteiger partial charge is 0.508 e. The molecule has 14 rings (SSSR count). The van der Waals surface area contributed by atoms with E-state index in [1.54, 1.807) is 43.3 Å². The minimum Gasteiger partial charge on any atom is -0.508 e. The van der Waals surface area contributed by atoms with Gasteiger partial charge in [0.25, 0.3) is 5.91 Å². The van der Waals surface area contributed by atoms with Gasteiger partial charge in [0.15, 0.2) is 23.9 Å². The zero-order valence-electron chi connectivity index (χ0n) is 64.9. The van der Waals surface area contributed by atoms with Gasteiger partial charge < -0.3 is 128 Å². The van der Waals surface area contributed by atoms with E-state index in [9.17, 15) is 75.1 Å². The number of hydrogen-bond acceptors (Lipinski definition) is 28. The molecule has 22 N–H and O–H groups in total. The van der Waals surface area contributed by atoms with Crippen LogP contribution >= 0.6 is 34.8 Å². The molecule has 2 fully saturated rings. The summed E-state index contributed by atoms with van der Waals surface area (Å²) in [5.41, 5.74) is 4.49. The summed E-state index contributed by atoms with van der Waals surface area (Å²) >= 11 is 20.3. The number of ether oxygens (including phenoxy) is 6. The van der Waals surface area contributed by atoms with Crippen molar-refractivity contribution in [2.45, 2.75) is 163 Å². The second-order valence-electron chi connectivity index (χ2n) is 30.1. The summed E-state index contributed by atoms with van der Waals surface area (Å²) in [5, 5.41) is 140. The smallest absolute Gasteiger partial charge is 0.270 e. The molecule has 18 unspecified atom stereocenters. The maximum atomic E-state index is 16.3. The average molecular weight is 1740 g/mol. The fourth-order valence-electron chi connectivity index (χ4n) is 14.6. The number of anilines is 1. The van der Waals surface area contributed by atoms with E-state index < -0.39 is 243 Å². The summed E-state index contributed by atoms with van der Waals surface area (Å²) < 4.78 is 39.4. The number of carbonyl (C=O) groups is 9. The number of hydroxylamine groups is 1. The van der Waals surface area contributed by atoms with Gasteiger partial charge >= 0.3 is 0 Å². The first kappa shape index (κ1) is 88.9. The van der Waals surface area contributed by atoms with Crippen LogP contribution in [0.3, 0.4) is 0 Å². The molecule has 7 aliphatic rings. The minimum atomic E-state index is -2.39. The molecule has 0 spiro atoms. The maximum Gasteiger partial charge on any atom is 0.270 e. The number of nitrogens with one attached hydrogen (secondary N) is 10. The van der Waals surface area contributed by atoms with Gasteiger partial charge in [-0.25, -0.2) is 5.48 Å². The third kappa shape index (κ3) is 20.1. The quantitative estimate of drug-likeness (QED) is 0.0314. The molecule has 9 amide bonds. The molecule has 40 heteroatoms. The number of pyridine rings is 1. The minimum absolute atomic E-state index is 0.00515. The summed E-state index contributed by atoms with van der Waals surface area (Å²) in [6.45, 7) is 5.79. The van der Waals surface area contributed by atoms with E-state index >= 15 is 19.2 Å². The van der Waals surface area contributed by atoms with Crippen LogP contribution in [0.15, 0.2) is 128 Å². The van der Waals surface area contributed by atoms with Crippen LogP contribution < -0.4 is 73.3 Å². The molecule has 6 aromatic carbocycles. The summed E-state index contributed by atoms with van der Waals surface area (Å²) in [7, 11) is 1.47. The van der Waals surface area contributed by atoms with Crippen LogP contribution in [-0.2, 0) is 63.9 Å². The predicted molar refractivity (Wildman–Crippen MR) is 428 cm³/mol. The fourth-order valence-corrected chi connectivity index (χ4v) is 15.2. The van der Waals surface area contributed by atoms with E-state index in [2.05, 4.69) is 52.8 Å². The Bertz CT molecular complexity index is 5170. The molecule has 0 aliphatic carbocycles. The van der Waals surface area contributed by atoms with Gasteiger partial charge in [-0.05, 0) is 151 Å². The molecule has 7 aromatic rings. The van der Waals surface area contributed by atoms with Crippen molar-refractivity contribution in [2.24, 2.45) is 11.7 Å². The Labute approximate surface area is 704 Å². The molecule has 642 valence electrons. The first-order valence-corrected chi connectivity index (χ1v) is 39.0. The number of rotatable bonds is 19. The summed E-state index contributed by atoms with van der Waals surface area (Å²) in [4.78, 5) is 136. The Morgan fingerprint density at radius 1 is 0.711 bits per heavy atom. The van der Waals surface area contributed by atoms with Crippen LogP contribution in [0.25, 0.3) is 17.2 Å². The molecule has 7 aliphatic heterocycles. The van der Waals surface area contributed by atoms with Crippen molar-refractivity contribution in [3.05, 3.63) is 182 Å².